The maximum atomic E-state index is 11.1. The molecule has 0 aliphatic carbocycles. The quantitative estimate of drug-likeness (QED) is 0.771. The fourth-order valence-corrected chi connectivity index (χ4v) is 3.94. The number of hydrogen-bond donors (Lipinski definition) is 2. The lowest BCUT2D eigenvalue weighted by molar-refractivity contribution is 0.0702. The summed E-state index contributed by atoms with van der Waals surface area (Å²) >= 11 is 2.89. The standard InChI is InChI=1S/C14H10N4O2S2/c19-13(20)12-4-3-10(22-12)8-6-9(11-2-1-5-21-11)18-14(17-8)15-7-16-18/h1-7,9H,(H,19,20)(H,15,16,17). The molecule has 0 saturated carbocycles. The van der Waals surface area contributed by atoms with Crippen LogP contribution in [-0.4, -0.2) is 25.8 Å². The topological polar surface area (TPSA) is 80.0 Å². The van der Waals surface area contributed by atoms with Crippen LogP contribution in [0.3, 0.4) is 0 Å². The zero-order valence-corrected chi connectivity index (χ0v) is 12.8. The van der Waals surface area contributed by atoms with Gasteiger partial charge in [-0.1, -0.05) is 6.07 Å². The number of rotatable bonds is 3. The van der Waals surface area contributed by atoms with Crippen LogP contribution < -0.4 is 5.32 Å². The molecule has 0 saturated heterocycles. The third kappa shape index (κ3) is 2.13. The highest BCUT2D eigenvalue weighted by molar-refractivity contribution is 7.15. The smallest absolute Gasteiger partial charge is 0.345 e. The number of carboxylic acid groups (broad SMARTS) is 1. The van der Waals surface area contributed by atoms with Gasteiger partial charge in [-0.15, -0.1) is 22.7 Å². The molecule has 3 aromatic heterocycles. The Labute approximate surface area is 133 Å². The zero-order chi connectivity index (χ0) is 15.1. The molecule has 2 N–H and O–H groups in total. The number of allylic oxidation sites excluding steroid dienone is 1. The lowest BCUT2D eigenvalue weighted by Gasteiger charge is -2.22. The number of aromatic nitrogens is 3. The van der Waals surface area contributed by atoms with Gasteiger partial charge in [-0.2, -0.15) is 10.1 Å². The first kappa shape index (κ1) is 13.2. The van der Waals surface area contributed by atoms with Crippen molar-refractivity contribution in [1.82, 2.24) is 14.8 Å². The summed E-state index contributed by atoms with van der Waals surface area (Å²) in [5.41, 5.74) is 0.858. The van der Waals surface area contributed by atoms with Gasteiger partial charge in [0.2, 0.25) is 5.95 Å². The molecule has 22 heavy (non-hydrogen) atoms. The van der Waals surface area contributed by atoms with E-state index in [-0.39, 0.29) is 6.04 Å². The van der Waals surface area contributed by atoms with Crippen LogP contribution in [0.1, 0.15) is 25.5 Å². The van der Waals surface area contributed by atoms with Gasteiger partial charge in [0, 0.05) is 4.88 Å². The van der Waals surface area contributed by atoms with Crippen LogP contribution in [0.15, 0.2) is 42.0 Å². The van der Waals surface area contributed by atoms with Crippen molar-refractivity contribution in [3.63, 3.8) is 0 Å². The van der Waals surface area contributed by atoms with Crippen LogP contribution in [0.5, 0.6) is 0 Å². The van der Waals surface area contributed by atoms with Crippen molar-refractivity contribution in [3.05, 3.63) is 56.7 Å². The van der Waals surface area contributed by atoms with Crippen LogP contribution in [0.4, 0.5) is 5.95 Å². The third-order valence-electron chi connectivity index (χ3n) is 3.32. The maximum absolute atomic E-state index is 11.1. The second kappa shape index (κ2) is 5.08. The Balaban J connectivity index is 1.78. The number of aromatic carboxylic acids is 1. The molecule has 4 rings (SSSR count). The molecule has 8 heteroatoms. The second-order valence-corrected chi connectivity index (χ2v) is 6.73. The Morgan fingerprint density at radius 2 is 2.27 bits per heavy atom. The van der Waals surface area contributed by atoms with Crippen molar-refractivity contribution >= 4 is 40.3 Å². The molecule has 110 valence electrons. The van der Waals surface area contributed by atoms with E-state index in [0.29, 0.717) is 10.8 Å². The molecule has 1 atom stereocenters. The lowest BCUT2D eigenvalue weighted by atomic mass is 10.1. The van der Waals surface area contributed by atoms with Crippen molar-refractivity contribution in [3.8, 4) is 0 Å². The van der Waals surface area contributed by atoms with E-state index < -0.39 is 5.97 Å². The van der Waals surface area contributed by atoms with Gasteiger partial charge in [-0.05, 0) is 29.7 Å². The van der Waals surface area contributed by atoms with Gasteiger partial charge in [0.15, 0.2) is 0 Å². The Kier molecular flexibility index (Phi) is 3.05. The molecule has 0 spiro atoms. The summed E-state index contributed by atoms with van der Waals surface area (Å²) in [7, 11) is 0. The minimum Gasteiger partial charge on any atom is -0.477 e. The summed E-state index contributed by atoms with van der Waals surface area (Å²) in [6, 6.07) is 7.44. The summed E-state index contributed by atoms with van der Waals surface area (Å²) < 4.78 is 1.82. The average molecular weight is 330 g/mol. The lowest BCUT2D eigenvalue weighted by Crippen LogP contribution is -2.19. The summed E-state index contributed by atoms with van der Waals surface area (Å²) in [5, 5.41) is 18.6. The number of anilines is 1. The van der Waals surface area contributed by atoms with Crippen LogP contribution >= 0.6 is 22.7 Å². The van der Waals surface area contributed by atoms with E-state index in [1.165, 1.54) is 17.7 Å². The van der Waals surface area contributed by atoms with E-state index in [1.807, 2.05) is 28.3 Å². The molecule has 0 radical (unpaired) electrons. The van der Waals surface area contributed by atoms with E-state index >= 15 is 0 Å². The molecule has 0 amide bonds. The Hall–Kier alpha value is -2.45. The maximum Gasteiger partial charge on any atom is 0.345 e. The monoisotopic (exact) mass is 330 g/mol. The molecule has 1 unspecified atom stereocenters. The Morgan fingerprint density at radius 3 is 3.00 bits per heavy atom. The number of fused-ring (bicyclic) bond motifs is 1. The summed E-state index contributed by atoms with van der Waals surface area (Å²) in [6.45, 7) is 0. The molecule has 1 aliphatic rings. The van der Waals surface area contributed by atoms with Gasteiger partial charge in [-0.3, -0.25) is 0 Å². The first-order valence-corrected chi connectivity index (χ1v) is 8.17. The van der Waals surface area contributed by atoms with Gasteiger partial charge in [0.25, 0.3) is 0 Å². The largest absolute Gasteiger partial charge is 0.477 e. The number of carbonyl (C=O) groups is 1. The number of thiophene rings is 2. The number of carboxylic acids is 1. The van der Waals surface area contributed by atoms with Gasteiger partial charge in [-0.25, -0.2) is 9.48 Å². The molecule has 0 aromatic carbocycles. The average Bonchev–Trinajstić information content (AvgIpc) is 3.25. The van der Waals surface area contributed by atoms with Crippen molar-refractivity contribution in [2.45, 2.75) is 6.04 Å². The first-order valence-electron chi connectivity index (χ1n) is 6.47. The Morgan fingerprint density at radius 1 is 1.36 bits per heavy atom. The molecule has 1 aliphatic heterocycles. The summed E-state index contributed by atoms with van der Waals surface area (Å²) in [6.07, 6.45) is 3.56. The molecule has 6 nitrogen and oxygen atoms in total. The van der Waals surface area contributed by atoms with Crippen LogP contribution in [0, 0.1) is 0 Å². The van der Waals surface area contributed by atoms with E-state index in [9.17, 15) is 4.79 Å². The number of hydrogen-bond acceptors (Lipinski definition) is 6. The third-order valence-corrected chi connectivity index (χ3v) is 5.37. The van der Waals surface area contributed by atoms with Crippen molar-refractivity contribution in [2.24, 2.45) is 0 Å². The van der Waals surface area contributed by atoms with Crippen LogP contribution in [-0.2, 0) is 0 Å². The highest BCUT2D eigenvalue weighted by Gasteiger charge is 2.24. The normalized spacial score (nSPS) is 16.7. The highest BCUT2D eigenvalue weighted by atomic mass is 32.1. The van der Waals surface area contributed by atoms with E-state index in [4.69, 9.17) is 5.11 Å². The van der Waals surface area contributed by atoms with Crippen molar-refractivity contribution in [2.75, 3.05) is 5.32 Å². The molecular weight excluding hydrogens is 320 g/mol. The van der Waals surface area contributed by atoms with Crippen LogP contribution in [0.25, 0.3) is 5.70 Å². The molecule has 0 fully saturated rings. The van der Waals surface area contributed by atoms with Crippen LogP contribution in [0.2, 0.25) is 0 Å². The number of nitrogens with one attached hydrogen (secondary N) is 1. The first-order chi connectivity index (χ1) is 10.7. The second-order valence-electron chi connectivity index (χ2n) is 4.66. The SMILES string of the molecule is O=C(O)c1ccc(C2=CC(c3cccs3)n3ncnc3N2)s1. The minimum absolute atomic E-state index is 0.0378. The van der Waals surface area contributed by atoms with E-state index in [0.717, 1.165) is 15.5 Å². The highest BCUT2D eigenvalue weighted by Crippen LogP contribution is 2.35. The zero-order valence-electron chi connectivity index (χ0n) is 11.1. The Bertz CT molecular complexity index is 863. The van der Waals surface area contributed by atoms with E-state index in [2.05, 4.69) is 21.5 Å². The van der Waals surface area contributed by atoms with Gasteiger partial charge < -0.3 is 10.4 Å². The molecule has 4 heterocycles. The van der Waals surface area contributed by atoms with Gasteiger partial charge in [0.05, 0.1) is 10.6 Å². The van der Waals surface area contributed by atoms with Crippen molar-refractivity contribution in [1.29, 1.82) is 0 Å². The van der Waals surface area contributed by atoms with E-state index in [1.54, 1.807) is 17.4 Å². The molecule has 0 bridgehead atoms. The molecular formula is C14H10N4O2S2. The molecule has 3 aromatic rings. The van der Waals surface area contributed by atoms with Crippen molar-refractivity contribution < 1.29 is 9.90 Å². The minimum atomic E-state index is -0.911. The predicted molar refractivity (Wildman–Crippen MR) is 85.4 cm³/mol. The predicted octanol–water partition coefficient (Wildman–Crippen LogP) is 3.16. The van der Waals surface area contributed by atoms with Gasteiger partial charge in [0.1, 0.15) is 17.2 Å². The summed E-state index contributed by atoms with van der Waals surface area (Å²) in [4.78, 5) is 17.6. The summed E-state index contributed by atoms with van der Waals surface area (Å²) in [5.74, 6) is -0.258. The fourth-order valence-electron chi connectivity index (χ4n) is 2.34. The number of nitrogens with zero attached hydrogens (tertiary/aromatic N) is 3. The fraction of sp³-hybridized carbons (Fsp3) is 0.0714. The van der Waals surface area contributed by atoms with Gasteiger partial charge >= 0.3 is 5.97 Å².